The van der Waals surface area contributed by atoms with E-state index in [0.717, 1.165) is 0 Å². The van der Waals surface area contributed by atoms with Crippen molar-refractivity contribution in [1.82, 2.24) is 9.97 Å². The van der Waals surface area contributed by atoms with Gasteiger partial charge in [0, 0.05) is 24.3 Å². The molecule has 0 amide bonds. The molecule has 0 saturated carbocycles. The number of hydrogen-bond acceptors (Lipinski definition) is 9. The van der Waals surface area contributed by atoms with Crippen LogP contribution in [0.3, 0.4) is 0 Å². The van der Waals surface area contributed by atoms with Crippen LogP contribution in [0.1, 0.15) is 17.4 Å². The zero-order chi connectivity index (χ0) is 24.2. The lowest BCUT2D eigenvalue weighted by atomic mass is 10.0. The number of nitrogens with one attached hydrogen (secondary N) is 2. The Labute approximate surface area is 190 Å². The molecule has 0 aliphatic carbocycles. The number of rotatable bonds is 7. The predicted octanol–water partition coefficient (Wildman–Crippen LogP) is 3.29. The molecule has 0 radical (unpaired) electrons. The van der Waals surface area contributed by atoms with Crippen LogP contribution in [0.25, 0.3) is 11.0 Å². The fourth-order valence-corrected chi connectivity index (χ4v) is 3.18. The van der Waals surface area contributed by atoms with Gasteiger partial charge in [0.25, 0.3) is 16.9 Å². The number of nitro groups is 2. The third-order valence-electron chi connectivity index (χ3n) is 4.89. The van der Waals surface area contributed by atoms with E-state index in [1.807, 2.05) is 0 Å². The number of nitrogens with zero attached hydrogens (tertiary/aromatic N) is 4. The third kappa shape index (κ3) is 4.61. The molecule has 0 spiro atoms. The molecule has 0 fully saturated rings. The van der Waals surface area contributed by atoms with Gasteiger partial charge in [-0.1, -0.05) is 18.2 Å². The summed E-state index contributed by atoms with van der Waals surface area (Å²) in [4.78, 5) is 40.5. The zero-order valence-corrected chi connectivity index (χ0v) is 17.3. The van der Waals surface area contributed by atoms with E-state index in [1.54, 1.807) is 30.3 Å². The number of hydrogen-bond donors (Lipinski definition) is 3. The molecule has 1 aromatic heterocycles. The minimum atomic E-state index is -1.47. The van der Waals surface area contributed by atoms with Gasteiger partial charge >= 0.3 is 0 Å². The number of aromatic nitrogens is 2. The number of aliphatic hydroxyl groups excluding tert-OH is 1. The molecule has 12 nitrogen and oxygen atoms in total. The summed E-state index contributed by atoms with van der Waals surface area (Å²) in [6, 6.07) is 17.7. The van der Waals surface area contributed by atoms with E-state index in [0.29, 0.717) is 5.69 Å². The highest BCUT2D eigenvalue weighted by Gasteiger charge is 2.24. The van der Waals surface area contributed by atoms with Crippen molar-refractivity contribution in [3.8, 4) is 0 Å². The number of aromatic amines is 1. The van der Waals surface area contributed by atoms with Gasteiger partial charge in [0.05, 0.1) is 26.6 Å². The summed E-state index contributed by atoms with van der Waals surface area (Å²) in [5.41, 5.74) is 2.46. The van der Waals surface area contributed by atoms with Crippen molar-refractivity contribution in [2.75, 3.05) is 5.43 Å². The smallest absolute Gasteiger partial charge is 0.276 e. The second-order valence-corrected chi connectivity index (χ2v) is 7.10. The van der Waals surface area contributed by atoms with E-state index < -0.39 is 21.5 Å². The van der Waals surface area contributed by atoms with E-state index in [1.165, 1.54) is 42.5 Å². The normalized spacial score (nSPS) is 12.3. The van der Waals surface area contributed by atoms with Crippen molar-refractivity contribution in [2.24, 2.45) is 5.10 Å². The highest BCUT2D eigenvalue weighted by Crippen LogP contribution is 2.23. The van der Waals surface area contributed by atoms with Gasteiger partial charge in [0.1, 0.15) is 11.8 Å². The molecule has 170 valence electrons. The number of H-pyrrole nitrogens is 1. The molecule has 1 heterocycles. The molecule has 3 aromatic carbocycles. The van der Waals surface area contributed by atoms with Crippen molar-refractivity contribution in [3.05, 3.63) is 115 Å². The summed E-state index contributed by atoms with van der Waals surface area (Å²) >= 11 is 0. The highest BCUT2D eigenvalue weighted by molar-refractivity contribution is 6.03. The first-order chi connectivity index (χ1) is 16.3. The molecular formula is C22H16N6O6. The van der Waals surface area contributed by atoms with Crippen molar-refractivity contribution in [2.45, 2.75) is 6.10 Å². The van der Waals surface area contributed by atoms with Crippen molar-refractivity contribution < 1.29 is 15.0 Å². The maximum atomic E-state index is 12.8. The Morgan fingerprint density at radius 3 is 2.26 bits per heavy atom. The Bertz CT molecular complexity index is 1470. The summed E-state index contributed by atoms with van der Waals surface area (Å²) in [6.07, 6.45) is -1.47. The van der Waals surface area contributed by atoms with Crippen LogP contribution in [-0.2, 0) is 0 Å². The van der Waals surface area contributed by atoms with Gasteiger partial charge < -0.3 is 10.1 Å². The summed E-state index contributed by atoms with van der Waals surface area (Å²) < 4.78 is 0. The number of anilines is 1. The molecule has 4 aromatic rings. The second-order valence-electron chi connectivity index (χ2n) is 7.10. The largest absolute Gasteiger partial charge is 0.382 e. The van der Waals surface area contributed by atoms with Gasteiger partial charge in [-0.3, -0.25) is 30.4 Å². The lowest BCUT2D eigenvalue weighted by molar-refractivity contribution is -0.385. The van der Waals surface area contributed by atoms with E-state index in [2.05, 4.69) is 20.5 Å². The van der Waals surface area contributed by atoms with Crippen molar-refractivity contribution in [1.29, 1.82) is 0 Å². The quantitative estimate of drug-likeness (QED) is 0.214. The average molecular weight is 460 g/mol. The SMILES string of the molecule is O=c1[nH]c2cc([N+](=O)[O-])ccc2nc1/C(=N\Nc1ccccc1)[C@H](O)c1ccc([N+](=O)[O-])cc1. The Balaban J connectivity index is 1.81. The van der Waals surface area contributed by atoms with Crippen LogP contribution in [-0.4, -0.2) is 30.6 Å². The molecule has 4 rings (SSSR count). The van der Waals surface area contributed by atoms with Crippen LogP contribution < -0.4 is 11.0 Å². The number of non-ortho nitro benzene ring substituents is 2. The van der Waals surface area contributed by atoms with Crippen LogP contribution in [0.4, 0.5) is 17.1 Å². The Kier molecular flexibility index (Phi) is 6.05. The Morgan fingerprint density at radius 1 is 0.971 bits per heavy atom. The first-order valence-electron chi connectivity index (χ1n) is 9.83. The van der Waals surface area contributed by atoms with Gasteiger partial charge in [0.15, 0.2) is 5.69 Å². The van der Waals surface area contributed by atoms with Crippen molar-refractivity contribution in [3.63, 3.8) is 0 Å². The molecule has 12 heteroatoms. The monoisotopic (exact) mass is 460 g/mol. The van der Waals surface area contributed by atoms with E-state index in [4.69, 9.17) is 0 Å². The Morgan fingerprint density at radius 2 is 1.62 bits per heavy atom. The summed E-state index contributed by atoms with van der Waals surface area (Å²) in [5, 5.41) is 37.2. The number of hydrazone groups is 1. The Hall–Kier alpha value is -4.97. The summed E-state index contributed by atoms with van der Waals surface area (Å²) in [7, 11) is 0. The van der Waals surface area contributed by atoms with Crippen LogP contribution in [0.5, 0.6) is 0 Å². The van der Waals surface area contributed by atoms with E-state index in [9.17, 15) is 30.1 Å². The van der Waals surface area contributed by atoms with Crippen LogP contribution in [0.15, 0.2) is 82.7 Å². The molecule has 34 heavy (non-hydrogen) atoms. The minimum absolute atomic E-state index is 0.142. The van der Waals surface area contributed by atoms with Gasteiger partial charge in [-0.25, -0.2) is 4.98 Å². The van der Waals surface area contributed by atoms with Gasteiger partial charge in [-0.05, 0) is 35.9 Å². The van der Waals surface area contributed by atoms with Crippen LogP contribution >= 0.6 is 0 Å². The van der Waals surface area contributed by atoms with E-state index in [-0.39, 0.29) is 39.4 Å². The highest BCUT2D eigenvalue weighted by atomic mass is 16.6. The number of nitro benzene ring substituents is 2. The molecular weight excluding hydrogens is 444 g/mol. The van der Waals surface area contributed by atoms with Crippen LogP contribution in [0.2, 0.25) is 0 Å². The molecule has 0 bridgehead atoms. The number of para-hydroxylation sites is 1. The number of benzene rings is 3. The predicted molar refractivity (Wildman–Crippen MR) is 124 cm³/mol. The lowest BCUT2D eigenvalue weighted by Gasteiger charge is -2.14. The molecule has 1 atom stereocenters. The first kappa shape index (κ1) is 22.2. The summed E-state index contributed by atoms with van der Waals surface area (Å²) in [5.74, 6) is 0. The van der Waals surface area contributed by atoms with Crippen LogP contribution in [0, 0.1) is 20.2 Å². The maximum Gasteiger partial charge on any atom is 0.276 e. The fraction of sp³-hybridized carbons (Fsp3) is 0.0455. The second kappa shape index (κ2) is 9.26. The zero-order valence-electron chi connectivity index (χ0n) is 17.3. The minimum Gasteiger partial charge on any atom is -0.382 e. The van der Waals surface area contributed by atoms with Gasteiger partial charge in [-0.15, -0.1) is 0 Å². The summed E-state index contributed by atoms with van der Waals surface area (Å²) in [6.45, 7) is 0. The maximum absolute atomic E-state index is 12.8. The molecule has 0 unspecified atom stereocenters. The molecule has 0 aliphatic rings. The lowest BCUT2D eigenvalue weighted by Crippen LogP contribution is -2.26. The molecule has 0 aliphatic heterocycles. The first-order valence-corrected chi connectivity index (χ1v) is 9.83. The number of aliphatic hydroxyl groups is 1. The topological polar surface area (TPSA) is 177 Å². The molecule has 0 saturated heterocycles. The fourth-order valence-electron chi connectivity index (χ4n) is 3.18. The third-order valence-corrected chi connectivity index (χ3v) is 4.89. The van der Waals surface area contributed by atoms with Crippen molar-refractivity contribution >= 4 is 33.8 Å². The van der Waals surface area contributed by atoms with E-state index >= 15 is 0 Å². The average Bonchev–Trinajstić information content (AvgIpc) is 2.84. The molecule has 3 N–H and O–H groups in total. The standard InChI is InChI=1S/C22H16N6O6/c29-21(13-6-8-15(9-7-13)27(31)32)19(26-25-14-4-2-1-3-5-14)20-22(30)24-18-12-16(28(33)34)10-11-17(18)23-20/h1-12,21,25,29H,(H,24,30)/b26-19+/t21-/m1/s1. The number of fused-ring (bicyclic) bond motifs is 1. The van der Waals surface area contributed by atoms with Gasteiger partial charge in [-0.2, -0.15) is 5.10 Å². The van der Waals surface area contributed by atoms with Gasteiger partial charge in [0.2, 0.25) is 0 Å².